The number of hydrogen-bond donors (Lipinski definition) is 1. The van der Waals surface area contributed by atoms with Gasteiger partial charge in [-0.15, -0.1) is 0 Å². The van der Waals surface area contributed by atoms with E-state index in [-0.39, 0.29) is 5.41 Å². The lowest BCUT2D eigenvalue weighted by molar-refractivity contribution is 0.590. The van der Waals surface area contributed by atoms with Crippen LogP contribution in [0.15, 0.2) is 60.9 Å². The molecular formula is C21H25N3. The van der Waals surface area contributed by atoms with Crippen molar-refractivity contribution in [1.29, 1.82) is 0 Å². The first-order valence-electron chi connectivity index (χ1n) is 8.37. The average Bonchev–Trinajstić information content (AvgIpc) is 3.02. The third-order valence-corrected chi connectivity index (χ3v) is 4.30. The summed E-state index contributed by atoms with van der Waals surface area (Å²) in [7, 11) is 0. The van der Waals surface area contributed by atoms with Crippen molar-refractivity contribution >= 4 is 0 Å². The van der Waals surface area contributed by atoms with Gasteiger partial charge in [-0.2, -0.15) is 0 Å². The zero-order valence-corrected chi connectivity index (χ0v) is 14.7. The minimum absolute atomic E-state index is 0.163. The van der Waals surface area contributed by atoms with Crippen molar-refractivity contribution in [1.82, 2.24) is 9.55 Å². The van der Waals surface area contributed by atoms with Gasteiger partial charge in [0, 0.05) is 31.0 Å². The summed E-state index contributed by atoms with van der Waals surface area (Å²) in [4.78, 5) is 4.56. The van der Waals surface area contributed by atoms with Crippen LogP contribution in [0.3, 0.4) is 0 Å². The quantitative estimate of drug-likeness (QED) is 0.776. The van der Waals surface area contributed by atoms with Crippen LogP contribution in [0, 0.1) is 0 Å². The summed E-state index contributed by atoms with van der Waals surface area (Å²) in [6, 6.07) is 17.1. The van der Waals surface area contributed by atoms with Crippen LogP contribution in [0.1, 0.15) is 37.5 Å². The Hall–Kier alpha value is -2.39. The van der Waals surface area contributed by atoms with E-state index < -0.39 is 0 Å². The molecular weight excluding hydrogens is 294 g/mol. The maximum absolute atomic E-state index is 5.74. The molecule has 1 aromatic heterocycles. The van der Waals surface area contributed by atoms with E-state index in [1.807, 2.05) is 12.4 Å². The first-order chi connectivity index (χ1) is 11.5. The van der Waals surface area contributed by atoms with Gasteiger partial charge in [-0.05, 0) is 22.1 Å². The number of nitrogens with two attached hydrogens (primary N) is 1. The normalized spacial score (nSPS) is 11.7. The molecule has 3 aromatic rings. The molecule has 0 amide bonds. The van der Waals surface area contributed by atoms with Crippen molar-refractivity contribution in [3.63, 3.8) is 0 Å². The van der Waals surface area contributed by atoms with Crippen molar-refractivity contribution < 1.29 is 0 Å². The maximum Gasteiger partial charge on any atom is 0.140 e. The Morgan fingerprint density at radius 3 is 2.38 bits per heavy atom. The van der Waals surface area contributed by atoms with Crippen LogP contribution >= 0.6 is 0 Å². The summed E-state index contributed by atoms with van der Waals surface area (Å²) in [6.07, 6.45) is 3.89. The molecule has 0 radical (unpaired) electrons. The Balaban J connectivity index is 1.87. The van der Waals surface area contributed by atoms with Gasteiger partial charge in [-0.3, -0.25) is 0 Å². The van der Waals surface area contributed by atoms with Crippen LogP contribution in [0.25, 0.3) is 11.4 Å². The average molecular weight is 319 g/mol. The molecule has 24 heavy (non-hydrogen) atoms. The van der Waals surface area contributed by atoms with Gasteiger partial charge in [0.25, 0.3) is 0 Å². The third-order valence-electron chi connectivity index (χ3n) is 4.30. The first-order valence-corrected chi connectivity index (χ1v) is 8.37. The van der Waals surface area contributed by atoms with Crippen LogP contribution in [0.4, 0.5) is 0 Å². The van der Waals surface area contributed by atoms with E-state index in [0.29, 0.717) is 6.54 Å². The van der Waals surface area contributed by atoms with Gasteiger partial charge in [0.1, 0.15) is 5.82 Å². The molecule has 0 saturated heterocycles. The highest BCUT2D eigenvalue weighted by molar-refractivity contribution is 5.56. The molecule has 124 valence electrons. The van der Waals surface area contributed by atoms with Gasteiger partial charge in [-0.1, -0.05) is 69.3 Å². The molecule has 0 spiro atoms. The van der Waals surface area contributed by atoms with E-state index in [4.69, 9.17) is 5.73 Å². The summed E-state index contributed by atoms with van der Waals surface area (Å²) in [5.74, 6) is 0.994. The summed E-state index contributed by atoms with van der Waals surface area (Å²) < 4.78 is 2.18. The van der Waals surface area contributed by atoms with Crippen LogP contribution in [0.2, 0.25) is 0 Å². The highest BCUT2D eigenvalue weighted by atomic mass is 15.1. The molecule has 0 unspecified atom stereocenters. The number of imidazole rings is 1. The SMILES string of the molecule is CC(C)(C)c1ccc(-c2nccn2Cc2cccc(CN)c2)cc1. The van der Waals surface area contributed by atoms with Gasteiger partial charge in [0.05, 0.1) is 0 Å². The molecule has 0 fully saturated rings. The number of rotatable bonds is 4. The lowest BCUT2D eigenvalue weighted by atomic mass is 9.87. The summed E-state index contributed by atoms with van der Waals surface area (Å²) >= 11 is 0. The van der Waals surface area contributed by atoms with Crippen LogP contribution in [-0.4, -0.2) is 9.55 Å². The van der Waals surface area contributed by atoms with Gasteiger partial charge in [-0.25, -0.2) is 4.98 Å². The predicted molar refractivity (Wildman–Crippen MR) is 99.8 cm³/mol. The maximum atomic E-state index is 5.74. The molecule has 3 rings (SSSR count). The van der Waals surface area contributed by atoms with E-state index >= 15 is 0 Å². The highest BCUT2D eigenvalue weighted by Crippen LogP contribution is 2.25. The number of hydrogen-bond acceptors (Lipinski definition) is 2. The zero-order valence-electron chi connectivity index (χ0n) is 14.7. The van der Waals surface area contributed by atoms with E-state index in [9.17, 15) is 0 Å². The summed E-state index contributed by atoms with van der Waals surface area (Å²) in [5, 5.41) is 0. The predicted octanol–water partition coefficient (Wildman–Crippen LogP) is 4.35. The fourth-order valence-corrected chi connectivity index (χ4v) is 2.87. The second-order valence-corrected chi connectivity index (χ2v) is 7.23. The van der Waals surface area contributed by atoms with E-state index in [1.165, 1.54) is 11.1 Å². The third kappa shape index (κ3) is 3.57. The Labute approximate surface area is 144 Å². The summed E-state index contributed by atoms with van der Waals surface area (Å²) in [5.41, 5.74) is 10.8. The van der Waals surface area contributed by atoms with Gasteiger partial charge in [0.2, 0.25) is 0 Å². The lowest BCUT2D eigenvalue weighted by Gasteiger charge is -2.19. The molecule has 0 aliphatic carbocycles. The summed E-state index contributed by atoms with van der Waals surface area (Å²) in [6.45, 7) is 8.05. The molecule has 1 heterocycles. The molecule has 0 aliphatic rings. The minimum Gasteiger partial charge on any atom is -0.327 e. The van der Waals surface area contributed by atoms with Crippen LogP contribution in [0.5, 0.6) is 0 Å². The lowest BCUT2D eigenvalue weighted by Crippen LogP contribution is -2.10. The zero-order chi connectivity index (χ0) is 17.2. The topological polar surface area (TPSA) is 43.8 Å². The smallest absolute Gasteiger partial charge is 0.140 e. The molecule has 0 saturated carbocycles. The van der Waals surface area contributed by atoms with Crippen LogP contribution in [-0.2, 0) is 18.5 Å². The largest absolute Gasteiger partial charge is 0.327 e. The molecule has 2 aromatic carbocycles. The van der Waals surface area contributed by atoms with Crippen molar-refractivity contribution in [2.24, 2.45) is 5.73 Å². The second kappa shape index (κ2) is 6.62. The fourth-order valence-electron chi connectivity index (χ4n) is 2.87. The van der Waals surface area contributed by atoms with Crippen molar-refractivity contribution in [2.45, 2.75) is 39.3 Å². The van der Waals surface area contributed by atoms with Gasteiger partial charge in [0.15, 0.2) is 0 Å². The molecule has 0 atom stereocenters. The van der Waals surface area contributed by atoms with E-state index in [2.05, 4.69) is 78.9 Å². The van der Waals surface area contributed by atoms with Crippen molar-refractivity contribution in [2.75, 3.05) is 0 Å². The highest BCUT2D eigenvalue weighted by Gasteiger charge is 2.14. The van der Waals surface area contributed by atoms with Crippen molar-refractivity contribution in [3.05, 3.63) is 77.6 Å². The molecule has 0 aliphatic heterocycles. The van der Waals surface area contributed by atoms with E-state index in [1.54, 1.807) is 0 Å². The molecule has 2 N–H and O–H groups in total. The fraction of sp³-hybridized carbons (Fsp3) is 0.286. The minimum atomic E-state index is 0.163. The second-order valence-electron chi connectivity index (χ2n) is 7.23. The Kier molecular flexibility index (Phi) is 4.54. The van der Waals surface area contributed by atoms with Crippen LogP contribution < -0.4 is 5.73 Å². The first kappa shape index (κ1) is 16.5. The van der Waals surface area contributed by atoms with Gasteiger partial charge < -0.3 is 10.3 Å². The number of aromatic nitrogens is 2. The Morgan fingerprint density at radius 2 is 1.71 bits per heavy atom. The van der Waals surface area contributed by atoms with E-state index in [0.717, 1.165) is 23.5 Å². The monoisotopic (exact) mass is 319 g/mol. The standard InChI is InChI=1S/C21H25N3/c1-21(2,3)19-9-7-18(8-10-19)20-23-11-12-24(20)15-17-6-4-5-16(13-17)14-22/h4-13H,14-15,22H2,1-3H3. The Morgan fingerprint density at radius 1 is 1.00 bits per heavy atom. The molecule has 0 bridgehead atoms. The number of benzene rings is 2. The number of nitrogens with zero attached hydrogens (tertiary/aromatic N) is 2. The molecule has 3 nitrogen and oxygen atoms in total. The Bertz CT molecular complexity index is 808. The van der Waals surface area contributed by atoms with Crippen molar-refractivity contribution in [3.8, 4) is 11.4 Å². The van der Waals surface area contributed by atoms with Gasteiger partial charge >= 0.3 is 0 Å². The molecule has 3 heteroatoms.